The molecule has 0 aliphatic carbocycles. The molecule has 0 saturated carbocycles. The highest BCUT2D eigenvalue weighted by atomic mass is 35.5. The number of nitrogens with zero attached hydrogens (tertiary/aromatic N) is 5. The van der Waals surface area contributed by atoms with Gasteiger partial charge in [-0.2, -0.15) is 0 Å². The molecule has 5 rings (SSSR count). The average molecular weight is 580 g/mol. The molecule has 2 aliphatic rings. The number of aliphatic imine (C=N–C) groups is 1. The van der Waals surface area contributed by atoms with E-state index in [1.54, 1.807) is 12.1 Å². The first-order chi connectivity index (χ1) is 19.8. The van der Waals surface area contributed by atoms with Gasteiger partial charge in [-0.25, -0.2) is 24.1 Å². The average Bonchev–Trinajstić information content (AvgIpc) is 3.20. The van der Waals surface area contributed by atoms with Gasteiger partial charge >= 0.3 is 5.97 Å². The van der Waals surface area contributed by atoms with Crippen LogP contribution in [0.25, 0.3) is 6.08 Å². The first kappa shape index (κ1) is 28.7. The van der Waals surface area contributed by atoms with Crippen LogP contribution in [0, 0.1) is 12.7 Å². The molecule has 214 valence electrons. The Hall–Kier alpha value is -3.86. The van der Waals surface area contributed by atoms with Crippen molar-refractivity contribution in [2.45, 2.75) is 45.4 Å². The minimum atomic E-state index is -1.13. The topological polar surface area (TPSA) is 102 Å². The van der Waals surface area contributed by atoms with Gasteiger partial charge in [-0.3, -0.25) is 4.90 Å². The van der Waals surface area contributed by atoms with Gasteiger partial charge in [0.1, 0.15) is 11.5 Å². The van der Waals surface area contributed by atoms with E-state index in [1.807, 2.05) is 23.6 Å². The third kappa shape index (κ3) is 7.08. The molecule has 2 aliphatic heterocycles. The molecule has 2 aromatic heterocycles. The van der Waals surface area contributed by atoms with Gasteiger partial charge < -0.3 is 19.1 Å². The van der Waals surface area contributed by atoms with E-state index >= 15 is 0 Å². The molecule has 9 nitrogen and oxygen atoms in total. The molecule has 1 aromatic carbocycles. The highest BCUT2D eigenvalue weighted by Crippen LogP contribution is 2.29. The summed E-state index contributed by atoms with van der Waals surface area (Å²) >= 11 is 5.83. The molecule has 4 heterocycles. The zero-order valence-electron chi connectivity index (χ0n) is 22.7. The van der Waals surface area contributed by atoms with Crippen molar-refractivity contribution < 1.29 is 23.8 Å². The first-order valence-corrected chi connectivity index (χ1v) is 13.8. The minimum Gasteiger partial charge on any atom is -0.477 e. The Morgan fingerprint density at radius 1 is 1.29 bits per heavy atom. The zero-order chi connectivity index (χ0) is 28.9. The summed E-state index contributed by atoms with van der Waals surface area (Å²) in [6.45, 7) is 8.99. The summed E-state index contributed by atoms with van der Waals surface area (Å²) in [5, 5.41) is 9.75. The van der Waals surface area contributed by atoms with Gasteiger partial charge in [0.05, 0.1) is 30.6 Å². The lowest BCUT2D eigenvalue weighted by atomic mass is 10.0. The monoisotopic (exact) mass is 579 g/mol. The van der Waals surface area contributed by atoms with E-state index in [1.165, 1.54) is 23.8 Å². The molecule has 0 amide bonds. The predicted octanol–water partition coefficient (Wildman–Crippen LogP) is 5.98. The van der Waals surface area contributed by atoms with Gasteiger partial charge in [0.25, 0.3) is 0 Å². The molecule has 2 saturated heterocycles. The Morgan fingerprint density at radius 3 is 2.73 bits per heavy atom. The normalized spacial score (nSPS) is 17.7. The van der Waals surface area contributed by atoms with Gasteiger partial charge in [-0.05, 0) is 62.6 Å². The second-order valence-corrected chi connectivity index (χ2v) is 10.4. The highest BCUT2D eigenvalue weighted by Gasteiger charge is 2.25. The maximum absolute atomic E-state index is 14.1. The number of aryl methyl sites for hydroxylation is 1. The fourth-order valence-electron chi connectivity index (χ4n) is 4.79. The summed E-state index contributed by atoms with van der Waals surface area (Å²) in [6, 6.07) is 9.65. The molecule has 1 N–H and O–H groups in total. The largest absolute Gasteiger partial charge is 0.477 e. The minimum absolute atomic E-state index is 0.0626. The fourth-order valence-corrected chi connectivity index (χ4v) is 4.95. The van der Waals surface area contributed by atoms with E-state index in [2.05, 4.69) is 27.5 Å². The van der Waals surface area contributed by atoms with Crippen LogP contribution in [0.2, 0.25) is 5.02 Å². The molecule has 11 heteroatoms. The molecule has 3 aromatic rings. The SMILES string of the molecule is C=CC(=Nc1c(C)nc(CN2CCC(=Cc3cccc(Oc4ccc(Cl)cc4F)n3)CC2)n1C[C@@H]1CCO1)C(=O)O. The van der Waals surface area contributed by atoms with Crippen LogP contribution in [-0.2, 0) is 22.6 Å². The number of imidazole rings is 1. The molecule has 0 bridgehead atoms. The maximum atomic E-state index is 14.1. The lowest BCUT2D eigenvalue weighted by molar-refractivity contribution is -0.129. The Bertz CT molecular complexity index is 1500. The van der Waals surface area contributed by atoms with Crippen LogP contribution < -0.4 is 4.74 Å². The van der Waals surface area contributed by atoms with Crippen molar-refractivity contribution in [2.24, 2.45) is 4.99 Å². The molecule has 41 heavy (non-hydrogen) atoms. The Kier molecular flexibility index (Phi) is 8.92. The van der Waals surface area contributed by atoms with Crippen molar-refractivity contribution in [2.75, 3.05) is 19.7 Å². The van der Waals surface area contributed by atoms with E-state index in [0.29, 0.717) is 35.5 Å². The number of carboxylic acids is 1. The number of carbonyl (C=O) groups is 1. The number of pyridine rings is 1. The third-order valence-electron chi connectivity index (χ3n) is 7.07. The van der Waals surface area contributed by atoms with Crippen molar-refractivity contribution in [3.05, 3.63) is 82.7 Å². The number of ether oxygens (including phenoxy) is 2. The summed E-state index contributed by atoms with van der Waals surface area (Å²) < 4.78 is 27.4. The molecule has 0 unspecified atom stereocenters. The maximum Gasteiger partial charge on any atom is 0.354 e. The van der Waals surface area contributed by atoms with E-state index in [4.69, 9.17) is 26.1 Å². The summed E-state index contributed by atoms with van der Waals surface area (Å²) in [7, 11) is 0. The van der Waals surface area contributed by atoms with Crippen molar-refractivity contribution >= 4 is 35.2 Å². The van der Waals surface area contributed by atoms with Crippen LogP contribution in [0.15, 0.2) is 59.6 Å². The summed E-state index contributed by atoms with van der Waals surface area (Å²) in [4.78, 5) is 27.5. The molecule has 0 radical (unpaired) electrons. The smallest absolute Gasteiger partial charge is 0.354 e. The molecular weight excluding hydrogens is 549 g/mol. The molecular formula is C30H31ClFN5O4. The standard InChI is InChI=1S/C30H31ClFN5O4/c1-3-25(30(38)39)35-29-19(2)33-27(37(29)17-23-11-14-40-23)18-36-12-9-20(10-13-36)15-22-5-4-6-28(34-22)41-26-8-7-21(31)16-24(26)32/h3-8,15-16,23H,1,9-14,17-18H2,2H3,(H,38,39)/t23-/m0/s1. The van der Waals surface area contributed by atoms with Crippen LogP contribution in [0.3, 0.4) is 0 Å². The van der Waals surface area contributed by atoms with E-state index < -0.39 is 11.8 Å². The lowest BCUT2D eigenvalue weighted by Crippen LogP contribution is -2.34. The Labute approximate surface area is 242 Å². The highest BCUT2D eigenvalue weighted by molar-refractivity contribution is 6.40. The number of aromatic nitrogens is 3. The van der Waals surface area contributed by atoms with E-state index in [-0.39, 0.29) is 17.6 Å². The predicted molar refractivity (Wildman–Crippen MR) is 154 cm³/mol. The van der Waals surface area contributed by atoms with Crippen LogP contribution in [0.4, 0.5) is 10.2 Å². The van der Waals surface area contributed by atoms with Crippen molar-refractivity contribution in [1.29, 1.82) is 0 Å². The number of hydrogen-bond acceptors (Lipinski definition) is 7. The number of piperidine rings is 1. The van der Waals surface area contributed by atoms with Crippen LogP contribution >= 0.6 is 11.6 Å². The summed E-state index contributed by atoms with van der Waals surface area (Å²) in [5.74, 6) is 0.0451. The van der Waals surface area contributed by atoms with Gasteiger partial charge in [0.15, 0.2) is 17.4 Å². The Balaban J connectivity index is 1.26. The number of likely N-dealkylation sites (tertiary alicyclic amines) is 1. The van der Waals surface area contributed by atoms with Crippen LogP contribution in [0.1, 0.15) is 36.5 Å². The van der Waals surface area contributed by atoms with Crippen molar-refractivity contribution in [1.82, 2.24) is 19.4 Å². The van der Waals surface area contributed by atoms with Crippen LogP contribution in [-0.4, -0.2) is 62.0 Å². The number of halogens is 2. The third-order valence-corrected chi connectivity index (χ3v) is 7.31. The molecule has 1 atom stereocenters. The van der Waals surface area contributed by atoms with E-state index in [9.17, 15) is 14.3 Å². The first-order valence-electron chi connectivity index (χ1n) is 13.4. The van der Waals surface area contributed by atoms with Gasteiger partial charge in [-0.1, -0.05) is 29.8 Å². The second kappa shape index (κ2) is 12.8. The van der Waals surface area contributed by atoms with Crippen molar-refractivity contribution in [3.8, 4) is 11.6 Å². The van der Waals surface area contributed by atoms with Gasteiger partial charge in [0, 0.05) is 30.8 Å². The lowest BCUT2D eigenvalue weighted by Gasteiger charge is -2.30. The number of aliphatic carboxylic acids is 1. The number of hydrogen-bond donors (Lipinski definition) is 1. The fraction of sp³-hybridized carbons (Fsp3) is 0.333. The van der Waals surface area contributed by atoms with Gasteiger partial charge in [0.2, 0.25) is 5.88 Å². The summed E-state index contributed by atoms with van der Waals surface area (Å²) in [5.41, 5.74) is 2.55. The number of rotatable bonds is 10. The van der Waals surface area contributed by atoms with Crippen LogP contribution in [0.5, 0.6) is 11.6 Å². The second-order valence-electron chi connectivity index (χ2n) is 9.99. The van der Waals surface area contributed by atoms with E-state index in [0.717, 1.165) is 50.5 Å². The number of benzene rings is 1. The van der Waals surface area contributed by atoms with Crippen molar-refractivity contribution in [3.63, 3.8) is 0 Å². The summed E-state index contributed by atoms with van der Waals surface area (Å²) in [6.07, 6.45) is 6.01. The quantitative estimate of drug-likeness (QED) is 0.295. The Morgan fingerprint density at radius 2 is 2.07 bits per heavy atom. The number of carboxylic acid groups (broad SMARTS) is 1. The zero-order valence-corrected chi connectivity index (χ0v) is 23.5. The molecule has 2 fully saturated rings. The molecule has 0 spiro atoms. The van der Waals surface area contributed by atoms with Gasteiger partial charge in [-0.15, -0.1) is 0 Å².